The van der Waals surface area contributed by atoms with Crippen LogP contribution in [0.5, 0.6) is 0 Å². The van der Waals surface area contributed by atoms with Crippen molar-refractivity contribution in [3.05, 3.63) is 168 Å². The number of fused-ring (bicyclic) bond motifs is 2. The average molecular weight is 555 g/mol. The molecular formula is C38H38N2O2. The van der Waals surface area contributed by atoms with Crippen molar-refractivity contribution in [2.45, 2.75) is 37.8 Å². The highest BCUT2D eigenvalue weighted by atomic mass is 16.2. The number of rotatable bonds is 4. The zero-order valence-corrected chi connectivity index (χ0v) is 24.5. The fraction of sp³-hybridized carbons (Fsp3) is 0.211. The van der Waals surface area contributed by atoms with Gasteiger partial charge in [-0.05, 0) is 59.4 Å². The van der Waals surface area contributed by atoms with Crippen LogP contribution in [0, 0.1) is 0 Å². The molecule has 4 nitrogen and oxygen atoms in total. The van der Waals surface area contributed by atoms with Crippen LogP contribution in [0.2, 0.25) is 0 Å². The maximum absolute atomic E-state index is 12.1. The Morgan fingerprint density at radius 1 is 0.571 bits per heavy atom. The fourth-order valence-electron chi connectivity index (χ4n) is 6.53. The van der Waals surface area contributed by atoms with Gasteiger partial charge < -0.3 is 9.80 Å². The van der Waals surface area contributed by atoms with Crippen LogP contribution >= 0.6 is 0 Å². The standard InChI is InChI=1S/2C19H19NO/c2*1-3-18(21)20-13-15-9-7-8-12-17(15)19(2,14-20)16-10-5-4-6-11-16/h2*3-12H,1,13-14H2,2H3/t2*19-/m10/s1. The van der Waals surface area contributed by atoms with Crippen molar-refractivity contribution in [1.82, 2.24) is 9.80 Å². The molecule has 0 spiro atoms. The Morgan fingerprint density at radius 2 is 0.905 bits per heavy atom. The van der Waals surface area contributed by atoms with Crippen molar-refractivity contribution in [2.24, 2.45) is 0 Å². The molecule has 4 aromatic rings. The van der Waals surface area contributed by atoms with E-state index in [1.165, 1.54) is 45.5 Å². The van der Waals surface area contributed by atoms with Gasteiger partial charge in [0.25, 0.3) is 0 Å². The molecule has 2 aliphatic heterocycles. The van der Waals surface area contributed by atoms with E-state index >= 15 is 0 Å². The minimum atomic E-state index is -0.186. The minimum absolute atomic E-state index is 0.00772. The summed E-state index contributed by atoms with van der Waals surface area (Å²) in [5.74, 6) is -0.0154. The summed E-state index contributed by atoms with van der Waals surface area (Å²) in [7, 11) is 0. The molecule has 42 heavy (non-hydrogen) atoms. The highest BCUT2D eigenvalue weighted by molar-refractivity contribution is 5.88. The molecule has 0 N–H and O–H groups in total. The van der Waals surface area contributed by atoms with Gasteiger partial charge in [-0.15, -0.1) is 0 Å². The van der Waals surface area contributed by atoms with Crippen LogP contribution in [0.4, 0.5) is 0 Å². The van der Waals surface area contributed by atoms with Crippen molar-refractivity contribution >= 4 is 11.8 Å². The topological polar surface area (TPSA) is 40.6 Å². The smallest absolute Gasteiger partial charge is 0.246 e. The van der Waals surface area contributed by atoms with E-state index in [1.807, 2.05) is 34.1 Å². The van der Waals surface area contributed by atoms with Gasteiger partial charge in [-0.25, -0.2) is 0 Å². The molecule has 2 heterocycles. The summed E-state index contributed by atoms with van der Waals surface area (Å²) in [4.78, 5) is 28.0. The van der Waals surface area contributed by atoms with Crippen LogP contribution in [-0.4, -0.2) is 34.7 Å². The van der Waals surface area contributed by atoms with Crippen molar-refractivity contribution in [2.75, 3.05) is 13.1 Å². The highest BCUT2D eigenvalue weighted by Crippen LogP contribution is 2.40. The van der Waals surface area contributed by atoms with E-state index in [1.54, 1.807) is 0 Å². The lowest BCUT2D eigenvalue weighted by atomic mass is 9.72. The Morgan fingerprint density at radius 3 is 1.26 bits per heavy atom. The molecule has 2 aliphatic rings. The summed E-state index contributed by atoms with van der Waals surface area (Å²) in [6.45, 7) is 14.3. The second-order valence-electron chi connectivity index (χ2n) is 11.5. The van der Waals surface area contributed by atoms with E-state index in [-0.39, 0.29) is 22.6 Å². The van der Waals surface area contributed by atoms with Crippen LogP contribution in [0.25, 0.3) is 0 Å². The Hall–Kier alpha value is -4.70. The number of nitrogens with zero attached hydrogens (tertiary/aromatic N) is 2. The predicted molar refractivity (Wildman–Crippen MR) is 170 cm³/mol. The van der Waals surface area contributed by atoms with E-state index in [4.69, 9.17) is 0 Å². The summed E-state index contributed by atoms with van der Waals surface area (Å²) >= 11 is 0. The molecule has 212 valence electrons. The molecule has 0 saturated heterocycles. The lowest BCUT2D eigenvalue weighted by Gasteiger charge is -2.42. The first-order valence-electron chi connectivity index (χ1n) is 14.4. The molecule has 2 amide bonds. The van der Waals surface area contributed by atoms with Crippen molar-refractivity contribution in [3.8, 4) is 0 Å². The largest absolute Gasteiger partial charge is 0.334 e. The molecule has 0 unspecified atom stereocenters. The van der Waals surface area contributed by atoms with E-state index in [2.05, 4.69) is 112 Å². The van der Waals surface area contributed by atoms with Gasteiger partial charge in [0, 0.05) is 37.0 Å². The molecule has 6 rings (SSSR count). The first-order chi connectivity index (χ1) is 20.3. The van der Waals surface area contributed by atoms with Crippen LogP contribution < -0.4 is 0 Å². The van der Waals surface area contributed by atoms with Crippen LogP contribution in [0.15, 0.2) is 135 Å². The summed E-state index contributed by atoms with van der Waals surface area (Å²) in [5.41, 5.74) is 7.14. The van der Waals surface area contributed by atoms with E-state index < -0.39 is 0 Å². The van der Waals surface area contributed by atoms with Crippen molar-refractivity contribution in [3.63, 3.8) is 0 Å². The number of carbonyl (C=O) groups is 2. The van der Waals surface area contributed by atoms with Gasteiger partial charge in [-0.3, -0.25) is 9.59 Å². The average Bonchev–Trinajstić information content (AvgIpc) is 3.05. The maximum Gasteiger partial charge on any atom is 0.246 e. The molecule has 0 radical (unpaired) electrons. The second-order valence-corrected chi connectivity index (χ2v) is 11.5. The van der Waals surface area contributed by atoms with Gasteiger partial charge in [-0.1, -0.05) is 122 Å². The van der Waals surface area contributed by atoms with Crippen LogP contribution in [0.1, 0.15) is 47.2 Å². The predicted octanol–water partition coefficient (Wildman–Crippen LogP) is 7.04. The molecule has 0 aromatic heterocycles. The molecule has 0 fully saturated rings. The molecule has 0 bridgehead atoms. The number of carbonyl (C=O) groups excluding carboxylic acids is 2. The van der Waals surface area contributed by atoms with Crippen molar-refractivity contribution < 1.29 is 9.59 Å². The second kappa shape index (κ2) is 12.0. The lowest BCUT2D eigenvalue weighted by Crippen LogP contribution is -2.46. The van der Waals surface area contributed by atoms with Crippen LogP contribution in [-0.2, 0) is 33.5 Å². The monoisotopic (exact) mass is 554 g/mol. The first-order valence-corrected chi connectivity index (χ1v) is 14.4. The summed E-state index contributed by atoms with van der Waals surface area (Å²) in [6, 6.07) is 37.6. The molecule has 4 aromatic carbocycles. The lowest BCUT2D eigenvalue weighted by molar-refractivity contribution is -0.128. The Bertz CT molecular complexity index is 1470. The molecule has 0 saturated carbocycles. The Labute approximate surface area is 249 Å². The van der Waals surface area contributed by atoms with Crippen molar-refractivity contribution in [1.29, 1.82) is 0 Å². The highest BCUT2D eigenvalue weighted by Gasteiger charge is 2.39. The van der Waals surface area contributed by atoms with E-state index in [9.17, 15) is 9.59 Å². The summed E-state index contributed by atoms with van der Waals surface area (Å²) in [6.07, 6.45) is 2.80. The third-order valence-electron chi connectivity index (χ3n) is 8.75. The number of hydrogen-bond acceptors (Lipinski definition) is 2. The Balaban J connectivity index is 0.000000168. The normalized spacial score (nSPS) is 20.7. The number of amides is 2. The fourth-order valence-corrected chi connectivity index (χ4v) is 6.53. The minimum Gasteiger partial charge on any atom is -0.334 e. The van der Waals surface area contributed by atoms with E-state index in [0.717, 1.165) is 0 Å². The summed E-state index contributed by atoms with van der Waals surface area (Å²) in [5, 5.41) is 0. The number of benzene rings is 4. The van der Waals surface area contributed by atoms with Gasteiger partial charge in [0.05, 0.1) is 0 Å². The zero-order chi connectivity index (χ0) is 29.7. The summed E-state index contributed by atoms with van der Waals surface area (Å²) < 4.78 is 0. The van der Waals surface area contributed by atoms with E-state index in [0.29, 0.717) is 26.2 Å². The first kappa shape index (κ1) is 28.8. The third kappa shape index (κ3) is 5.45. The maximum atomic E-state index is 12.1. The Kier molecular flexibility index (Phi) is 8.26. The van der Waals surface area contributed by atoms with Gasteiger partial charge in [0.15, 0.2) is 0 Å². The van der Waals surface area contributed by atoms with Gasteiger partial charge in [0.2, 0.25) is 11.8 Å². The zero-order valence-electron chi connectivity index (χ0n) is 24.5. The van der Waals surface area contributed by atoms with Crippen LogP contribution in [0.3, 0.4) is 0 Å². The van der Waals surface area contributed by atoms with Gasteiger partial charge >= 0.3 is 0 Å². The third-order valence-corrected chi connectivity index (χ3v) is 8.75. The number of hydrogen-bond donors (Lipinski definition) is 0. The molecular weight excluding hydrogens is 516 g/mol. The quantitative estimate of drug-likeness (QED) is 0.254. The van der Waals surface area contributed by atoms with Gasteiger partial charge in [0.1, 0.15) is 0 Å². The molecule has 2 atom stereocenters. The molecule has 4 heteroatoms. The van der Waals surface area contributed by atoms with Gasteiger partial charge in [-0.2, -0.15) is 0 Å². The molecule has 0 aliphatic carbocycles. The SMILES string of the molecule is C=CC(=O)N1Cc2ccccc2[C@@](C)(c2ccccc2)C1.C=CC(=O)N1Cc2ccccc2[C@](C)(c2ccccc2)C1.